The van der Waals surface area contributed by atoms with Crippen LogP contribution in [0.2, 0.25) is 0 Å². The van der Waals surface area contributed by atoms with E-state index in [0.717, 1.165) is 19.6 Å². The predicted molar refractivity (Wildman–Crippen MR) is 50.7 cm³/mol. The number of hydrogen-bond acceptors (Lipinski definition) is 3. The summed E-state index contributed by atoms with van der Waals surface area (Å²) in [7, 11) is 0. The molecular weight excluding hydrogens is 168 g/mol. The van der Waals surface area contributed by atoms with Crippen molar-refractivity contribution in [2.75, 3.05) is 26.2 Å². The summed E-state index contributed by atoms with van der Waals surface area (Å²) in [6.07, 6.45) is 0. The Kier molecular flexibility index (Phi) is 3.69. The summed E-state index contributed by atoms with van der Waals surface area (Å²) in [4.78, 5) is 12.5. The molecule has 0 aromatic heterocycles. The molecule has 2 N–H and O–H groups in total. The van der Waals surface area contributed by atoms with Crippen molar-refractivity contribution in [1.29, 1.82) is 0 Å². The van der Waals surface area contributed by atoms with Gasteiger partial charge >= 0.3 is 5.97 Å². The number of carboxylic acids is 1. The normalized spacial score (nSPS) is 25.0. The van der Waals surface area contributed by atoms with Crippen LogP contribution in [-0.4, -0.2) is 48.2 Å². The van der Waals surface area contributed by atoms with Gasteiger partial charge in [0, 0.05) is 25.7 Å². The van der Waals surface area contributed by atoms with Gasteiger partial charge in [-0.25, -0.2) is 0 Å². The quantitative estimate of drug-likeness (QED) is 0.651. The van der Waals surface area contributed by atoms with E-state index in [1.54, 1.807) is 0 Å². The Morgan fingerprint density at radius 2 is 2.38 bits per heavy atom. The van der Waals surface area contributed by atoms with Gasteiger partial charge in [-0.05, 0) is 5.92 Å². The molecule has 0 bridgehead atoms. The molecule has 4 nitrogen and oxygen atoms in total. The largest absolute Gasteiger partial charge is 0.480 e. The summed E-state index contributed by atoms with van der Waals surface area (Å²) in [5.74, 6) is -0.166. The third-order valence-electron chi connectivity index (χ3n) is 2.45. The number of nitrogens with zero attached hydrogens (tertiary/aromatic N) is 1. The highest BCUT2D eigenvalue weighted by atomic mass is 16.4. The topological polar surface area (TPSA) is 52.6 Å². The first-order valence-electron chi connectivity index (χ1n) is 4.77. The van der Waals surface area contributed by atoms with Crippen molar-refractivity contribution in [2.24, 2.45) is 5.92 Å². The molecule has 0 aromatic rings. The lowest BCUT2D eigenvalue weighted by Crippen LogP contribution is -2.53. The van der Waals surface area contributed by atoms with Crippen molar-refractivity contribution in [1.82, 2.24) is 10.2 Å². The number of hydrogen-bond donors (Lipinski definition) is 2. The molecule has 0 aliphatic carbocycles. The van der Waals surface area contributed by atoms with E-state index in [9.17, 15) is 4.79 Å². The van der Waals surface area contributed by atoms with E-state index < -0.39 is 5.97 Å². The second kappa shape index (κ2) is 4.58. The maximum Gasteiger partial charge on any atom is 0.317 e. The second-order valence-electron chi connectivity index (χ2n) is 3.93. The Bertz CT molecular complexity index is 182. The predicted octanol–water partition coefficient (Wildman–Crippen LogP) is 0.000800. The van der Waals surface area contributed by atoms with Gasteiger partial charge in [0.25, 0.3) is 0 Å². The molecule has 76 valence electrons. The lowest BCUT2D eigenvalue weighted by molar-refractivity contribution is -0.138. The highest BCUT2D eigenvalue weighted by Crippen LogP contribution is 2.07. The van der Waals surface area contributed by atoms with Crippen LogP contribution in [-0.2, 0) is 4.79 Å². The summed E-state index contributed by atoms with van der Waals surface area (Å²) in [6.45, 7) is 7.07. The van der Waals surface area contributed by atoms with Crippen LogP contribution in [0.3, 0.4) is 0 Å². The molecule has 0 saturated carbocycles. The SMILES string of the molecule is CC(C)[C@@H]1CN(CC(=O)O)CCN1. The summed E-state index contributed by atoms with van der Waals surface area (Å²) in [5.41, 5.74) is 0. The lowest BCUT2D eigenvalue weighted by atomic mass is 10.0. The Morgan fingerprint density at radius 1 is 1.69 bits per heavy atom. The zero-order chi connectivity index (χ0) is 9.84. The van der Waals surface area contributed by atoms with Crippen LogP contribution in [0.25, 0.3) is 0 Å². The van der Waals surface area contributed by atoms with Crippen molar-refractivity contribution in [2.45, 2.75) is 19.9 Å². The minimum atomic E-state index is -0.732. The highest BCUT2D eigenvalue weighted by Gasteiger charge is 2.22. The first-order valence-corrected chi connectivity index (χ1v) is 4.77. The molecule has 1 fully saturated rings. The van der Waals surface area contributed by atoms with Gasteiger partial charge in [-0.15, -0.1) is 0 Å². The van der Waals surface area contributed by atoms with Crippen molar-refractivity contribution >= 4 is 5.97 Å². The van der Waals surface area contributed by atoms with Crippen molar-refractivity contribution in [3.63, 3.8) is 0 Å². The monoisotopic (exact) mass is 186 g/mol. The first kappa shape index (κ1) is 10.5. The maximum absolute atomic E-state index is 10.5. The van der Waals surface area contributed by atoms with Crippen LogP contribution < -0.4 is 5.32 Å². The van der Waals surface area contributed by atoms with Crippen molar-refractivity contribution in [3.05, 3.63) is 0 Å². The lowest BCUT2D eigenvalue weighted by Gasteiger charge is -2.34. The molecule has 1 atom stereocenters. The zero-order valence-corrected chi connectivity index (χ0v) is 8.29. The van der Waals surface area contributed by atoms with Crippen LogP contribution in [0.15, 0.2) is 0 Å². The molecule has 4 heteroatoms. The Morgan fingerprint density at radius 3 is 2.92 bits per heavy atom. The summed E-state index contributed by atoms with van der Waals surface area (Å²) in [6, 6.07) is 0.438. The summed E-state index contributed by atoms with van der Waals surface area (Å²) in [5, 5.41) is 12.0. The molecule has 1 aliphatic rings. The van der Waals surface area contributed by atoms with Gasteiger partial charge in [0.15, 0.2) is 0 Å². The average Bonchev–Trinajstić information content (AvgIpc) is 2.03. The van der Waals surface area contributed by atoms with E-state index >= 15 is 0 Å². The Labute approximate surface area is 78.9 Å². The van der Waals surface area contributed by atoms with E-state index in [1.807, 2.05) is 4.90 Å². The van der Waals surface area contributed by atoms with E-state index in [2.05, 4.69) is 19.2 Å². The van der Waals surface area contributed by atoms with Gasteiger partial charge in [0.2, 0.25) is 0 Å². The minimum Gasteiger partial charge on any atom is -0.480 e. The molecule has 1 aliphatic heterocycles. The van der Waals surface area contributed by atoms with Gasteiger partial charge in [0.1, 0.15) is 0 Å². The van der Waals surface area contributed by atoms with E-state index in [-0.39, 0.29) is 6.54 Å². The zero-order valence-electron chi connectivity index (χ0n) is 8.29. The van der Waals surface area contributed by atoms with Gasteiger partial charge in [-0.1, -0.05) is 13.8 Å². The van der Waals surface area contributed by atoms with E-state index in [4.69, 9.17) is 5.11 Å². The van der Waals surface area contributed by atoms with Crippen LogP contribution in [0.1, 0.15) is 13.8 Å². The molecule has 0 unspecified atom stereocenters. The van der Waals surface area contributed by atoms with Crippen LogP contribution in [0.5, 0.6) is 0 Å². The minimum absolute atomic E-state index is 0.172. The number of carbonyl (C=O) groups is 1. The van der Waals surface area contributed by atoms with Gasteiger partial charge in [-0.2, -0.15) is 0 Å². The van der Waals surface area contributed by atoms with Crippen LogP contribution >= 0.6 is 0 Å². The van der Waals surface area contributed by atoms with Crippen molar-refractivity contribution < 1.29 is 9.90 Å². The third-order valence-corrected chi connectivity index (χ3v) is 2.45. The van der Waals surface area contributed by atoms with Gasteiger partial charge < -0.3 is 10.4 Å². The Hall–Kier alpha value is -0.610. The molecule has 13 heavy (non-hydrogen) atoms. The maximum atomic E-state index is 10.5. The van der Waals surface area contributed by atoms with E-state index in [1.165, 1.54) is 0 Å². The molecule has 1 heterocycles. The summed E-state index contributed by atoms with van der Waals surface area (Å²) < 4.78 is 0. The number of carboxylic acid groups (broad SMARTS) is 1. The standard InChI is InChI=1S/C9H18N2O2/c1-7(2)8-5-11(4-3-10-8)6-9(12)13/h7-8,10H,3-6H2,1-2H3,(H,12,13)/t8-/m0/s1. The molecular formula is C9H18N2O2. The first-order chi connectivity index (χ1) is 6.09. The number of rotatable bonds is 3. The smallest absolute Gasteiger partial charge is 0.317 e. The molecule has 0 radical (unpaired) electrons. The fourth-order valence-electron chi connectivity index (χ4n) is 1.62. The van der Waals surface area contributed by atoms with Crippen LogP contribution in [0.4, 0.5) is 0 Å². The summed E-state index contributed by atoms with van der Waals surface area (Å²) >= 11 is 0. The van der Waals surface area contributed by atoms with Crippen molar-refractivity contribution in [3.8, 4) is 0 Å². The fraction of sp³-hybridized carbons (Fsp3) is 0.889. The second-order valence-corrected chi connectivity index (χ2v) is 3.93. The number of aliphatic carboxylic acids is 1. The van der Waals surface area contributed by atoms with E-state index in [0.29, 0.717) is 12.0 Å². The average molecular weight is 186 g/mol. The molecule has 1 rings (SSSR count). The highest BCUT2D eigenvalue weighted by molar-refractivity contribution is 5.69. The number of piperazine rings is 1. The van der Waals surface area contributed by atoms with Gasteiger partial charge in [-0.3, -0.25) is 9.69 Å². The van der Waals surface area contributed by atoms with Gasteiger partial charge in [0.05, 0.1) is 6.54 Å². The fourth-order valence-corrected chi connectivity index (χ4v) is 1.62. The Balaban J connectivity index is 2.37. The number of nitrogens with one attached hydrogen (secondary N) is 1. The molecule has 0 amide bonds. The molecule has 0 aromatic carbocycles. The molecule has 0 spiro atoms. The third kappa shape index (κ3) is 3.32. The molecule has 1 saturated heterocycles. The van der Waals surface area contributed by atoms with Crippen LogP contribution in [0, 0.1) is 5.92 Å².